The zero-order valence-electron chi connectivity index (χ0n) is 12.5. The minimum atomic E-state index is -0.538. The molecule has 0 radical (unpaired) electrons. The average Bonchev–Trinajstić information content (AvgIpc) is 3.04. The summed E-state index contributed by atoms with van der Waals surface area (Å²) >= 11 is 0. The Labute approximate surface area is 119 Å². The molecule has 1 aliphatic rings. The molecule has 1 heterocycles. The summed E-state index contributed by atoms with van der Waals surface area (Å²) in [5, 5.41) is 7.59. The van der Waals surface area contributed by atoms with Gasteiger partial charge in [0.2, 0.25) is 0 Å². The van der Waals surface area contributed by atoms with Gasteiger partial charge < -0.3 is 4.74 Å². The molecule has 1 N–H and O–H groups in total. The highest BCUT2D eigenvalue weighted by molar-refractivity contribution is 5.81. The molecule has 6 heteroatoms. The lowest BCUT2D eigenvalue weighted by molar-refractivity contribution is -0.151. The van der Waals surface area contributed by atoms with Gasteiger partial charge in [-0.25, -0.2) is 4.98 Å². The van der Waals surface area contributed by atoms with Crippen molar-refractivity contribution in [1.82, 2.24) is 20.1 Å². The molecule has 2 rings (SSSR count). The third-order valence-corrected chi connectivity index (χ3v) is 4.09. The number of methoxy groups -OCH3 is 1. The normalized spacial score (nSPS) is 26.1. The summed E-state index contributed by atoms with van der Waals surface area (Å²) in [5.41, 5.74) is -0.538. The highest BCUT2D eigenvalue weighted by Gasteiger charge is 2.49. The van der Waals surface area contributed by atoms with E-state index in [-0.39, 0.29) is 17.9 Å². The molecule has 20 heavy (non-hydrogen) atoms. The number of nitrogens with one attached hydrogen (secondary N) is 1. The second kappa shape index (κ2) is 6.35. The van der Waals surface area contributed by atoms with E-state index < -0.39 is 5.54 Å². The molecule has 1 aliphatic carbocycles. The van der Waals surface area contributed by atoms with Crippen molar-refractivity contribution < 1.29 is 9.53 Å². The lowest BCUT2D eigenvalue weighted by atomic mass is 9.84. The molecule has 2 unspecified atom stereocenters. The van der Waals surface area contributed by atoms with Crippen LogP contribution in [-0.2, 0) is 16.1 Å². The summed E-state index contributed by atoms with van der Waals surface area (Å²) in [4.78, 5) is 16.3. The van der Waals surface area contributed by atoms with E-state index in [0.717, 1.165) is 32.2 Å². The molecular formula is C14H24N4O2. The van der Waals surface area contributed by atoms with Crippen molar-refractivity contribution in [3.05, 3.63) is 12.7 Å². The Kier molecular flexibility index (Phi) is 4.75. The van der Waals surface area contributed by atoms with E-state index in [9.17, 15) is 4.79 Å². The molecule has 1 aromatic rings. The summed E-state index contributed by atoms with van der Waals surface area (Å²) in [6.45, 7) is 4.91. The molecule has 112 valence electrons. The van der Waals surface area contributed by atoms with Gasteiger partial charge in [-0.15, -0.1) is 0 Å². The van der Waals surface area contributed by atoms with Gasteiger partial charge in [-0.3, -0.25) is 14.8 Å². The summed E-state index contributed by atoms with van der Waals surface area (Å²) < 4.78 is 6.88. The molecule has 0 saturated heterocycles. The zero-order valence-corrected chi connectivity index (χ0v) is 12.5. The van der Waals surface area contributed by atoms with Crippen molar-refractivity contribution in [1.29, 1.82) is 0 Å². The molecule has 6 nitrogen and oxygen atoms in total. The van der Waals surface area contributed by atoms with Gasteiger partial charge in [0.15, 0.2) is 0 Å². The Bertz CT molecular complexity index is 432. The van der Waals surface area contributed by atoms with Gasteiger partial charge in [-0.2, -0.15) is 5.10 Å². The van der Waals surface area contributed by atoms with E-state index >= 15 is 0 Å². The van der Waals surface area contributed by atoms with Crippen LogP contribution in [0.25, 0.3) is 0 Å². The second-order valence-electron chi connectivity index (χ2n) is 5.80. The molecule has 0 spiro atoms. The van der Waals surface area contributed by atoms with Crippen LogP contribution in [0.1, 0.15) is 39.5 Å². The van der Waals surface area contributed by atoms with Gasteiger partial charge in [0.25, 0.3) is 0 Å². The number of rotatable bonds is 6. The number of carbonyl (C=O) groups excluding carboxylic acids is 1. The Balaban J connectivity index is 2.09. The van der Waals surface area contributed by atoms with E-state index in [2.05, 4.69) is 29.2 Å². The van der Waals surface area contributed by atoms with Crippen molar-refractivity contribution in [2.45, 2.75) is 57.7 Å². The number of aromatic nitrogens is 3. The Morgan fingerprint density at radius 3 is 3.00 bits per heavy atom. The van der Waals surface area contributed by atoms with E-state index in [1.54, 1.807) is 6.33 Å². The van der Waals surface area contributed by atoms with Crippen LogP contribution in [-0.4, -0.2) is 39.4 Å². The largest absolute Gasteiger partial charge is 0.468 e. The zero-order chi connectivity index (χ0) is 14.6. The van der Waals surface area contributed by atoms with Crippen molar-refractivity contribution in [3.8, 4) is 0 Å². The number of nitrogens with zero attached hydrogens (tertiary/aromatic N) is 3. The van der Waals surface area contributed by atoms with Crippen molar-refractivity contribution in [2.24, 2.45) is 5.92 Å². The highest BCUT2D eigenvalue weighted by atomic mass is 16.5. The molecule has 0 aromatic carbocycles. The first kappa shape index (κ1) is 15.0. The molecule has 1 aromatic heterocycles. The molecule has 0 amide bonds. The predicted octanol–water partition coefficient (Wildman–Crippen LogP) is 1.38. The fraction of sp³-hybridized carbons (Fsp3) is 0.786. The number of carbonyl (C=O) groups is 1. The fourth-order valence-electron chi connectivity index (χ4n) is 3.32. The van der Waals surface area contributed by atoms with Crippen LogP contribution in [0.4, 0.5) is 0 Å². The Morgan fingerprint density at radius 2 is 2.40 bits per heavy atom. The van der Waals surface area contributed by atoms with E-state index in [0.29, 0.717) is 0 Å². The molecule has 1 saturated carbocycles. The molecule has 0 bridgehead atoms. The lowest BCUT2D eigenvalue weighted by Crippen LogP contribution is -2.57. The summed E-state index contributed by atoms with van der Waals surface area (Å²) in [6.07, 6.45) is 7.09. The minimum Gasteiger partial charge on any atom is -0.468 e. The lowest BCUT2D eigenvalue weighted by Gasteiger charge is -2.35. The molecule has 2 atom stereocenters. The summed E-state index contributed by atoms with van der Waals surface area (Å²) in [5.74, 6) is 0.147. The number of esters is 1. The van der Waals surface area contributed by atoms with Crippen molar-refractivity contribution >= 4 is 5.97 Å². The van der Waals surface area contributed by atoms with Gasteiger partial charge in [0.1, 0.15) is 18.2 Å². The summed E-state index contributed by atoms with van der Waals surface area (Å²) in [6, 6.07) is 0.251. The van der Waals surface area contributed by atoms with Crippen molar-refractivity contribution in [3.63, 3.8) is 0 Å². The number of hydrogen-bond donors (Lipinski definition) is 1. The minimum absolute atomic E-state index is 0.132. The van der Waals surface area contributed by atoms with E-state index in [1.807, 2.05) is 4.68 Å². The van der Waals surface area contributed by atoms with Crippen LogP contribution in [0.2, 0.25) is 0 Å². The number of ether oxygens (including phenoxy) is 1. The van der Waals surface area contributed by atoms with E-state index in [1.165, 1.54) is 13.4 Å². The highest BCUT2D eigenvalue weighted by Crippen LogP contribution is 2.39. The number of aryl methyl sites for hydroxylation is 1. The smallest absolute Gasteiger partial charge is 0.326 e. The first-order chi connectivity index (χ1) is 9.58. The van der Waals surface area contributed by atoms with Gasteiger partial charge in [-0.1, -0.05) is 6.42 Å². The molecule has 0 aliphatic heterocycles. The monoisotopic (exact) mass is 280 g/mol. The van der Waals surface area contributed by atoms with Crippen LogP contribution in [0.3, 0.4) is 0 Å². The molecule has 1 fully saturated rings. The first-order valence-electron chi connectivity index (χ1n) is 7.27. The first-order valence-corrected chi connectivity index (χ1v) is 7.27. The van der Waals surface area contributed by atoms with Crippen LogP contribution >= 0.6 is 0 Å². The van der Waals surface area contributed by atoms with Crippen LogP contribution < -0.4 is 5.32 Å². The standard InChI is InChI=1S/C14H24N4O2/c1-11(2)17-14(13(19)20-3)7-4-5-12(14)6-8-18-10-15-9-16-18/h9-12,17H,4-8H2,1-3H3. The maximum Gasteiger partial charge on any atom is 0.326 e. The quantitative estimate of drug-likeness (QED) is 0.797. The van der Waals surface area contributed by atoms with Gasteiger partial charge >= 0.3 is 5.97 Å². The van der Waals surface area contributed by atoms with Gasteiger partial charge in [0.05, 0.1) is 7.11 Å². The van der Waals surface area contributed by atoms with E-state index in [4.69, 9.17) is 4.74 Å². The second-order valence-corrected chi connectivity index (χ2v) is 5.80. The SMILES string of the molecule is COC(=O)C1(NC(C)C)CCCC1CCn1cncn1. The molecular weight excluding hydrogens is 256 g/mol. The Hall–Kier alpha value is -1.43. The third-order valence-electron chi connectivity index (χ3n) is 4.09. The number of hydrogen-bond acceptors (Lipinski definition) is 5. The summed E-state index contributed by atoms with van der Waals surface area (Å²) in [7, 11) is 1.47. The Morgan fingerprint density at radius 1 is 1.60 bits per heavy atom. The van der Waals surface area contributed by atoms with Crippen LogP contribution in [0.15, 0.2) is 12.7 Å². The maximum absolute atomic E-state index is 12.3. The fourth-order valence-corrected chi connectivity index (χ4v) is 3.32. The maximum atomic E-state index is 12.3. The topological polar surface area (TPSA) is 69.0 Å². The average molecular weight is 280 g/mol. The predicted molar refractivity (Wildman–Crippen MR) is 75.0 cm³/mol. The third kappa shape index (κ3) is 3.00. The van der Waals surface area contributed by atoms with Crippen LogP contribution in [0, 0.1) is 5.92 Å². The van der Waals surface area contributed by atoms with Gasteiger partial charge in [-0.05, 0) is 39.0 Å². The van der Waals surface area contributed by atoms with Gasteiger partial charge in [0, 0.05) is 12.6 Å². The van der Waals surface area contributed by atoms with Crippen molar-refractivity contribution in [2.75, 3.05) is 7.11 Å². The van der Waals surface area contributed by atoms with Crippen LogP contribution in [0.5, 0.6) is 0 Å².